The van der Waals surface area contributed by atoms with Crippen LogP contribution in [-0.2, 0) is 10.5 Å². The Morgan fingerprint density at radius 1 is 1.20 bits per heavy atom. The molecule has 0 bridgehead atoms. The molecule has 9 heteroatoms. The van der Waals surface area contributed by atoms with Crippen LogP contribution in [0.25, 0.3) is 28.1 Å². The first-order valence-electron chi connectivity index (χ1n) is 10.5. The van der Waals surface area contributed by atoms with Gasteiger partial charge < -0.3 is 10.1 Å². The van der Waals surface area contributed by atoms with Gasteiger partial charge in [-0.15, -0.1) is 0 Å². The number of aliphatic carboxylic acids is 1. The third kappa shape index (κ3) is 4.49. The van der Waals surface area contributed by atoms with Crippen LogP contribution in [0, 0.1) is 12.7 Å². The number of nitrogens with one attached hydrogen (secondary N) is 1. The number of hydrogen-bond donors (Lipinski definition) is 2. The van der Waals surface area contributed by atoms with Crippen molar-refractivity contribution in [3.63, 3.8) is 0 Å². The Morgan fingerprint density at radius 3 is 2.54 bits per heavy atom. The van der Waals surface area contributed by atoms with Crippen molar-refractivity contribution < 1.29 is 23.5 Å². The van der Waals surface area contributed by atoms with Crippen molar-refractivity contribution in [3.8, 4) is 11.1 Å². The molecule has 4 rings (SSSR count). The van der Waals surface area contributed by atoms with Crippen molar-refractivity contribution in [2.45, 2.75) is 26.4 Å². The van der Waals surface area contributed by atoms with Crippen molar-refractivity contribution in [1.29, 1.82) is 0 Å². The maximum atomic E-state index is 15.2. The summed E-state index contributed by atoms with van der Waals surface area (Å²) in [7, 11) is 0. The molecular weight excluding hydrogens is 497 g/mol. The summed E-state index contributed by atoms with van der Waals surface area (Å²) in [5.74, 6) is -2.47. The van der Waals surface area contributed by atoms with Gasteiger partial charge in [0.25, 0.3) is 5.91 Å². The minimum atomic E-state index is -1.97. The van der Waals surface area contributed by atoms with Crippen LogP contribution >= 0.6 is 23.2 Å². The topological polar surface area (TPSA) is 75.1 Å². The second kappa shape index (κ2) is 8.98. The summed E-state index contributed by atoms with van der Waals surface area (Å²) >= 11 is 12.2. The monoisotopic (exact) mass is 516 g/mol. The zero-order valence-corrected chi connectivity index (χ0v) is 20.4. The van der Waals surface area contributed by atoms with Crippen LogP contribution < -0.4 is 0 Å². The van der Waals surface area contributed by atoms with E-state index in [0.29, 0.717) is 22.0 Å². The van der Waals surface area contributed by atoms with Crippen molar-refractivity contribution in [2.75, 3.05) is 0 Å². The number of carbonyl (C=O) groups is 2. The molecule has 0 aliphatic carbocycles. The van der Waals surface area contributed by atoms with Gasteiger partial charge in [0.2, 0.25) is 0 Å². The smallest absolute Gasteiger partial charge is 0.328 e. The molecule has 2 aromatic carbocycles. The minimum absolute atomic E-state index is 0.0269. The molecule has 0 radical (unpaired) electrons. The van der Waals surface area contributed by atoms with Gasteiger partial charge in [-0.1, -0.05) is 35.3 Å². The summed E-state index contributed by atoms with van der Waals surface area (Å²) in [6, 6.07) is 7.52. The Morgan fingerprint density at radius 2 is 1.91 bits per heavy atom. The van der Waals surface area contributed by atoms with E-state index in [-0.39, 0.29) is 32.4 Å². The second-order valence-electron chi connectivity index (χ2n) is 8.57. The van der Waals surface area contributed by atoms with Gasteiger partial charge in [0.15, 0.2) is 0 Å². The Balaban J connectivity index is 1.98. The zero-order chi connectivity index (χ0) is 25.7. The second-order valence-corrected chi connectivity index (χ2v) is 9.41. The van der Waals surface area contributed by atoms with E-state index in [4.69, 9.17) is 28.3 Å². The first kappa shape index (κ1) is 24.7. The number of aromatic nitrogens is 2. The predicted octanol–water partition coefficient (Wildman–Crippen LogP) is 7.38. The number of hydrogen-bond acceptors (Lipinski definition) is 2. The SMILES string of the molecule is Cc1cn(C(=O)c2c(-c3c(F)cc(Cl)cc3Cl)c[nH]c2C(C)(C)F)c2cccc(/C=C/C(=O)O)c12. The van der Waals surface area contributed by atoms with E-state index >= 15 is 4.39 Å². The lowest BCUT2D eigenvalue weighted by Gasteiger charge is -2.17. The molecule has 4 aromatic rings. The molecule has 0 atom stereocenters. The maximum Gasteiger partial charge on any atom is 0.328 e. The number of carboxylic acid groups (broad SMARTS) is 1. The largest absolute Gasteiger partial charge is 0.478 e. The zero-order valence-electron chi connectivity index (χ0n) is 18.9. The van der Waals surface area contributed by atoms with Gasteiger partial charge in [-0.2, -0.15) is 0 Å². The van der Waals surface area contributed by atoms with Crippen molar-refractivity contribution >= 4 is 52.1 Å². The molecule has 2 N–H and O–H groups in total. The fraction of sp³-hybridized carbons (Fsp3) is 0.154. The number of H-pyrrole nitrogens is 1. The van der Waals surface area contributed by atoms with Crippen LogP contribution in [0.1, 0.15) is 41.0 Å². The highest BCUT2D eigenvalue weighted by Gasteiger charge is 2.33. The summed E-state index contributed by atoms with van der Waals surface area (Å²) < 4.78 is 31.5. The average molecular weight is 517 g/mol. The van der Waals surface area contributed by atoms with E-state index in [1.54, 1.807) is 31.3 Å². The summed E-state index contributed by atoms with van der Waals surface area (Å²) in [6.07, 6.45) is 5.37. The number of nitrogens with zero attached hydrogens (tertiary/aromatic N) is 1. The van der Waals surface area contributed by atoms with Gasteiger partial charge in [0.05, 0.1) is 21.8 Å². The van der Waals surface area contributed by atoms with E-state index in [1.165, 1.54) is 36.8 Å². The highest BCUT2D eigenvalue weighted by Crippen LogP contribution is 2.40. The molecular formula is C26H20Cl2F2N2O3. The molecule has 2 heterocycles. The third-order valence-electron chi connectivity index (χ3n) is 5.64. The van der Waals surface area contributed by atoms with Crippen LogP contribution in [0.2, 0.25) is 10.0 Å². The molecule has 0 fully saturated rings. The summed E-state index contributed by atoms with van der Waals surface area (Å²) in [5, 5.41) is 9.72. The lowest BCUT2D eigenvalue weighted by molar-refractivity contribution is -0.131. The maximum absolute atomic E-state index is 15.2. The summed E-state index contributed by atoms with van der Waals surface area (Å²) in [4.78, 5) is 27.7. The lowest BCUT2D eigenvalue weighted by atomic mass is 9.96. The fourth-order valence-corrected chi connectivity index (χ4v) is 4.79. The molecule has 0 aliphatic rings. The molecule has 0 unspecified atom stereocenters. The number of aryl methyl sites for hydroxylation is 1. The van der Waals surface area contributed by atoms with Crippen molar-refractivity contribution in [1.82, 2.24) is 9.55 Å². The molecule has 0 saturated heterocycles. The Hall–Kier alpha value is -3.42. The number of alkyl halides is 1. The van der Waals surface area contributed by atoms with E-state index in [2.05, 4.69) is 4.98 Å². The third-order valence-corrected chi connectivity index (χ3v) is 6.16. The van der Waals surface area contributed by atoms with Crippen molar-refractivity contribution in [3.05, 3.63) is 87.0 Å². The van der Waals surface area contributed by atoms with E-state index in [9.17, 15) is 14.0 Å². The van der Waals surface area contributed by atoms with E-state index < -0.39 is 23.4 Å². The molecule has 0 saturated carbocycles. The van der Waals surface area contributed by atoms with Crippen LogP contribution in [0.4, 0.5) is 8.78 Å². The van der Waals surface area contributed by atoms with Crippen LogP contribution in [0.5, 0.6) is 0 Å². The normalized spacial score (nSPS) is 12.1. The van der Waals surface area contributed by atoms with Gasteiger partial charge in [-0.25, -0.2) is 13.6 Å². The number of carbonyl (C=O) groups excluding carboxylic acids is 1. The highest BCUT2D eigenvalue weighted by molar-refractivity contribution is 6.36. The van der Waals surface area contributed by atoms with Crippen LogP contribution in [-0.4, -0.2) is 26.5 Å². The summed E-state index contributed by atoms with van der Waals surface area (Å²) in [6.45, 7) is 4.35. The Bertz CT molecular complexity index is 1500. The molecule has 2 aromatic heterocycles. The number of halogens is 4. The predicted molar refractivity (Wildman–Crippen MR) is 133 cm³/mol. The van der Waals surface area contributed by atoms with Gasteiger partial charge in [-0.3, -0.25) is 9.36 Å². The average Bonchev–Trinajstić information content (AvgIpc) is 3.33. The Kier molecular flexibility index (Phi) is 6.34. The first-order valence-corrected chi connectivity index (χ1v) is 11.3. The fourth-order valence-electron chi connectivity index (χ4n) is 4.22. The van der Waals surface area contributed by atoms with Gasteiger partial charge in [0, 0.05) is 40.0 Å². The van der Waals surface area contributed by atoms with Gasteiger partial charge >= 0.3 is 5.97 Å². The molecule has 0 aliphatic heterocycles. The Labute approximate surface area is 209 Å². The highest BCUT2D eigenvalue weighted by atomic mass is 35.5. The van der Waals surface area contributed by atoms with E-state index in [0.717, 1.165) is 12.1 Å². The van der Waals surface area contributed by atoms with Crippen molar-refractivity contribution in [2.24, 2.45) is 0 Å². The molecule has 5 nitrogen and oxygen atoms in total. The quantitative estimate of drug-likeness (QED) is 0.271. The number of fused-ring (bicyclic) bond motifs is 1. The summed E-state index contributed by atoms with van der Waals surface area (Å²) in [5.41, 5.74) is -0.285. The number of rotatable bonds is 5. The van der Waals surface area contributed by atoms with Gasteiger partial charge in [0.1, 0.15) is 11.5 Å². The molecule has 180 valence electrons. The number of carboxylic acids is 1. The number of benzene rings is 2. The molecule has 35 heavy (non-hydrogen) atoms. The van der Waals surface area contributed by atoms with Gasteiger partial charge in [-0.05, 0) is 56.2 Å². The number of aromatic amines is 1. The van der Waals surface area contributed by atoms with E-state index in [1.807, 2.05) is 0 Å². The minimum Gasteiger partial charge on any atom is -0.478 e. The first-order chi connectivity index (χ1) is 16.4. The van der Waals surface area contributed by atoms with Crippen LogP contribution in [0.15, 0.2) is 48.8 Å². The standard InChI is InChI=1S/C26H20Cl2F2N2O3/c1-13-12-32(19-6-4-5-14(21(13)19)7-8-20(33)34)25(35)23-16(11-31-24(23)26(2,3)30)22-17(28)9-15(27)10-18(22)29/h4-12,31H,1-3H3,(H,33,34)/b8-7+. The van der Waals surface area contributed by atoms with Crippen LogP contribution in [0.3, 0.4) is 0 Å². The molecule has 0 amide bonds. The molecule has 0 spiro atoms. The lowest BCUT2D eigenvalue weighted by Crippen LogP contribution is -2.19.